The fourth-order valence-electron chi connectivity index (χ4n) is 3.95. The highest BCUT2D eigenvalue weighted by molar-refractivity contribution is 6.65. The van der Waals surface area contributed by atoms with Crippen LogP contribution in [0.15, 0.2) is 39.2 Å². The first kappa shape index (κ1) is 21.4. The van der Waals surface area contributed by atoms with Crippen LogP contribution in [0.4, 0.5) is 10.5 Å². The minimum atomic E-state index is -0.404. The number of aliphatic imine (C=N–C) groups is 3. The maximum Gasteiger partial charge on any atom is 0.407 e. The number of alkyl carbamates (subject to hydrolysis) is 1. The number of fused-ring (bicyclic) bond motifs is 1. The first-order valence-corrected chi connectivity index (χ1v) is 11.1. The van der Waals surface area contributed by atoms with Crippen LogP contribution in [0, 0.1) is 0 Å². The zero-order valence-electron chi connectivity index (χ0n) is 17.4. The van der Waals surface area contributed by atoms with Crippen LogP contribution in [-0.4, -0.2) is 66.9 Å². The summed E-state index contributed by atoms with van der Waals surface area (Å²) in [4.78, 5) is 28.9. The molecular weight excluding hydrogens is 418 g/mol. The minimum Gasteiger partial charge on any atom is -0.450 e. The van der Waals surface area contributed by atoms with E-state index in [1.807, 2.05) is 4.90 Å². The second kappa shape index (κ2) is 10.00. The van der Waals surface area contributed by atoms with Gasteiger partial charge in [-0.15, -0.1) is 0 Å². The Bertz CT molecular complexity index is 865. The molecule has 1 fully saturated rings. The molecule has 3 aliphatic heterocycles. The average Bonchev–Trinajstić information content (AvgIpc) is 3.43. The Labute approximate surface area is 187 Å². The van der Waals surface area contributed by atoms with Crippen LogP contribution in [0.25, 0.3) is 0 Å². The number of anilines is 1. The van der Waals surface area contributed by atoms with E-state index in [9.17, 15) is 4.79 Å². The maximum atomic E-state index is 11.9. The standard InChI is InChI=1S/C21H28ClN7O2/c22-20-26-18(23)17-19(27-20)29(14-25-17)11-3-4-12-31-21(30)24-13-15-5-7-16(8-6-15)28-9-1-2-10-28/h5-8,14,17,19H,1-4,9-13H2,(H,24,30)(H2,23,26,27). The molecule has 3 heterocycles. The molecule has 0 spiro atoms. The molecule has 2 atom stereocenters. The summed E-state index contributed by atoms with van der Waals surface area (Å²) >= 11 is 5.91. The van der Waals surface area contributed by atoms with Crippen molar-refractivity contribution >= 4 is 40.9 Å². The van der Waals surface area contributed by atoms with Crippen LogP contribution in [0.5, 0.6) is 0 Å². The summed E-state index contributed by atoms with van der Waals surface area (Å²) < 4.78 is 5.28. The minimum absolute atomic E-state index is 0.153. The molecular formula is C21H28ClN7O2. The molecule has 0 radical (unpaired) electrons. The summed E-state index contributed by atoms with van der Waals surface area (Å²) in [6, 6.07) is 8.06. The topological polar surface area (TPSA) is 108 Å². The smallest absolute Gasteiger partial charge is 0.407 e. The third-order valence-corrected chi connectivity index (χ3v) is 5.83. The maximum absolute atomic E-state index is 11.9. The molecule has 3 aliphatic rings. The zero-order chi connectivity index (χ0) is 21.6. The zero-order valence-corrected chi connectivity index (χ0v) is 18.2. The Morgan fingerprint density at radius 3 is 2.77 bits per heavy atom. The molecule has 0 saturated carbocycles. The Morgan fingerprint density at radius 2 is 2.00 bits per heavy atom. The SMILES string of the molecule is NC1=NC(Cl)=NC2C1N=CN2CCCCOC(=O)NCc1ccc(N2CCCC2)cc1. The van der Waals surface area contributed by atoms with E-state index in [0.29, 0.717) is 19.0 Å². The van der Waals surface area contributed by atoms with Crippen molar-refractivity contribution in [2.24, 2.45) is 20.7 Å². The number of nitrogens with two attached hydrogens (primary N) is 1. The Hall–Kier alpha value is -2.81. The molecule has 166 valence electrons. The highest BCUT2D eigenvalue weighted by Gasteiger charge is 2.35. The fraction of sp³-hybridized carbons (Fsp3) is 0.524. The van der Waals surface area contributed by atoms with Gasteiger partial charge in [0.2, 0.25) is 5.29 Å². The number of amidine groups is 2. The summed E-state index contributed by atoms with van der Waals surface area (Å²) in [5.74, 6) is 0.384. The molecule has 9 nitrogen and oxygen atoms in total. The lowest BCUT2D eigenvalue weighted by molar-refractivity contribution is 0.142. The van der Waals surface area contributed by atoms with Crippen molar-refractivity contribution in [1.29, 1.82) is 0 Å². The Kier molecular flexibility index (Phi) is 6.91. The van der Waals surface area contributed by atoms with Crippen molar-refractivity contribution in [2.75, 3.05) is 31.1 Å². The molecule has 4 rings (SSSR count). The van der Waals surface area contributed by atoms with Crippen LogP contribution >= 0.6 is 11.6 Å². The van der Waals surface area contributed by atoms with Gasteiger partial charge in [0.1, 0.15) is 11.9 Å². The van der Waals surface area contributed by atoms with E-state index < -0.39 is 6.09 Å². The molecule has 10 heteroatoms. The van der Waals surface area contributed by atoms with Crippen molar-refractivity contribution < 1.29 is 9.53 Å². The van der Waals surface area contributed by atoms with Gasteiger partial charge >= 0.3 is 6.09 Å². The number of carbonyl (C=O) groups is 1. The lowest BCUT2D eigenvalue weighted by Crippen LogP contribution is -2.44. The van der Waals surface area contributed by atoms with Crippen molar-refractivity contribution in [1.82, 2.24) is 10.2 Å². The number of halogens is 1. The van der Waals surface area contributed by atoms with Gasteiger partial charge in [0, 0.05) is 31.9 Å². The molecule has 3 N–H and O–H groups in total. The highest BCUT2D eigenvalue weighted by Crippen LogP contribution is 2.21. The van der Waals surface area contributed by atoms with Crippen LogP contribution in [0.3, 0.4) is 0 Å². The van der Waals surface area contributed by atoms with E-state index in [-0.39, 0.29) is 17.5 Å². The predicted molar refractivity (Wildman–Crippen MR) is 123 cm³/mol. The molecule has 0 bridgehead atoms. The summed E-state index contributed by atoms with van der Waals surface area (Å²) in [6.07, 6.45) is 5.18. The number of ether oxygens (including phenoxy) is 1. The first-order chi connectivity index (χ1) is 15.1. The van der Waals surface area contributed by atoms with Crippen molar-refractivity contribution in [3.8, 4) is 0 Å². The van der Waals surface area contributed by atoms with E-state index in [1.54, 1.807) is 6.34 Å². The van der Waals surface area contributed by atoms with E-state index in [1.165, 1.54) is 18.5 Å². The predicted octanol–water partition coefficient (Wildman–Crippen LogP) is 2.30. The Balaban J connectivity index is 1.10. The monoisotopic (exact) mass is 445 g/mol. The normalized spacial score (nSPS) is 22.2. The Morgan fingerprint density at radius 1 is 1.23 bits per heavy atom. The van der Waals surface area contributed by atoms with E-state index in [2.05, 4.69) is 49.5 Å². The largest absolute Gasteiger partial charge is 0.450 e. The van der Waals surface area contributed by atoms with Gasteiger partial charge in [0.15, 0.2) is 6.17 Å². The summed E-state index contributed by atoms with van der Waals surface area (Å²) in [7, 11) is 0. The van der Waals surface area contributed by atoms with Crippen LogP contribution in [-0.2, 0) is 11.3 Å². The van der Waals surface area contributed by atoms with E-state index >= 15 is 0 Å². The molecule has 0 aliphatic carbocycles. The van der Waals surface area contributed by atoms with E-state index in [0.717, 1.165) is 38.0 Å². The third kappa shape index (κ3) is 5.46. The van der Waals surface area contributed by atoms with Crippen LogP contribution in [0.1, 0.15) is 31.2 Å². The van der Waals surface area contributed by atoms with Gasteiger partial charge in [-0.25, -0.2) is 14.8 Å². The number of hydrogen-bond acceptors (Lipinski definition) is 8. The van der Waals surface area contributed by atoms with Crippen molar-refractivity contribution in [2.45, 2.75) is 44.4 Å². The van der Waals surface area contributed by atoms with Gasteiger partial charge in [-0.1, -0.05) is 12.1 Å². The molecule has 2 unspecified atom stereocenters. The second-order valence-corrected chi connectivity index (χ2v) is 8.19. The van der Waals surface area contributed by atoms with Gasteiger partial charge in [0.05, 0.1) is 12.9 Å². The van der Waals surface area contributed by atoms with Gasteiger partial charge in [-0.2, -0.15) is 0 Å². The molecule has 1 aromatic carbocycles. The molecule has 1 amide bonds. The van der Waals surface area contributed by atoms with Gasteiger partial charge in [0.25, 0.3) is 0 Å². The van der Waals surface area contributed by atoms with Crippen LogP contribution < -0.4 is 16.0 Å². The number of carbonyl (C=O) groups excluding carboxylic acids is 1. The lowest BCUT2D eigenvalue weighted by atomic mass is 10.2. The quantitative estimate of drug-likeness (QED) is 0.471. The molecule has 0 aromatic heterocycles. The summed E-state index contributed by atoms with van der Waals surface area (Å²) in [5.41, 5.74) is 8.16. The molecule has 1 saturated heterocycles. The summed E-state index contributed by atoms with van der Waals surface area (Å²) in [6.45, 7) is 3.78. The first-order valence-electron chi connectivity index (χ1n) is 10.7. The van der Waals surface area contributed by atoms with Gasteiger partial charge in [-0.05, 0) is 55.0 Å². The number of nitrogens with zero attached hydrogens (tertiary/aromatic N) is 5. The number of rotatable bonds is 8. The number of hydrogen-bond donors (Lipinski definition) is 2. The third-order valence-electron chi connectivity index (χ3n) is 5.65. The fourth-order valence-corrected chi connectivity index (χ4v) is 4.14. The van der Waals surface area contributed by atoms with Crippen molar-refractivity contribution in [3.05, 3.63) is 29.8 Å². The number of amides is 1. The molecule has 31 heavy (non-hydrogen) atoms. The van der Waals surface area contributed by atoms with Crippen molar-refractivity contribution in [3.63, 3.8) is 0 Å². The number of nitrogens with one attached hydrogen (secondary N) is 1. The van der Waals surface area contributed by atoms with Crippen LogP contribution in [0.2, 0.25) is 0 Å². The summed E-state index contributed by atoms with van der Waals surface area (Å²) in [5, 5.41) is 2.95. The molecule has 1 aromatic rings. The van der Waals surface area contributed by atoms with E-state index in [4.69, 9.17) is 22.1 Å². The number of benzene rings is 1. The van der Waals surface area contributed by atoms with Gasteiger partial charge < -0.3 is 25.6 Å². The lowest BCUT2D eigenvalue weighted by Gasteiger charge is -2.26. The second-order valence-electron chi connectivity index (χ2n) is 7.85. The number of unbranched alkanes of at least 4 members (excludes halogenated alkanes) is 1. The van der Waals surface area contributed by atoms with Gasteiger partial charge in [-0.3, -0.25) is 4.99 Å². The highest BCUT2D eigenvalue weighted by atomic mass is 35.5. The average molecular weight is 446 g/mol.